The molecule has 1 unspecified atom stereocenters. The van der Waals surface area contributed by atoms with Crippen molar-refractivity contribution in [1.29, 1.82) is 0 Å². The van der Waals surface area contributed by atoms with Gasteiger partial charge in [0.05, 0.1) is 31.4 Å². The second-order valence-electron chi connectivity index (χ2n) is 31.8. The van der Waals surface area contributed by atoms with Crippen LogP contribution in [0.4, 0.5) is 0 Å². The SMILES string of the molecule is CCCC[C@H]1C(=O)N(C)[C@@H](CCCC)C(=O)N[C@@H](CCCN)C(=O)N[C@H](C(=O)NCC(N)=O)CSCC(=O)NC(Cc2ccc(O)cc2)C(=O)N(C)[C@@H](C)C(=O)N[C@@H](CC(N)=O)C(=O)N2CCC[C@H]2C(=O)N[C@@H](CN)C(=O)N[C@@H](C)C(=O)N2C[C@H](O)C[C@H]2C(=O)N[C@@H](Cc2c[nH]c3ccccc23)C(=O)N[C@@H](CO)C(=O)N[C@@H](Cc2csc3ccccc23)C(=O)N1C. The lowest BCUT2D eigenvalue weighted by molar-refractivity contribution is -0.149. The van der Waals surface area contributed by atoms with Crippen molar-refractivity contribution in [1.82, 2.24) is 82.7 Å². The lowest BCUT2D eigenvalue weighted by atomic mass is 10.00. The van der Waals surface area contributed by atoms with Crippen molar-refractivity contribution in [2.75, 3.05) is 72.0 Å². The molecular formula is C84H118N20O20S2. The zero-order valence-corrected chi connectivity index (χ0v) is 73.3. The molecule has 17 amide bonds. The Hall–Kier alpha value is -11.9. The van der Waals surface area contributed by atoms with Gasteiger partial charge in [0.1, 0.15) is 90.3 Å². The number of H-pyrrole nitrogens is 1. The number of carbonyl (C=O) groups excluding carboxylic acids is 17. The Kier molecular flexibility index (Phi) is 37.5. The molecule has 15 atom stereocenters. The Bertz CT molecular complexity index is 4740. The summed E-state index contributed by atoms with van der Waals surface area (Å²) in [5, 5.41) is 61.4. The number of unbranched alkanes of at least 4 members (excludes halogenated alkanes) is 2. The number of hydrogen-bond donors (Lipinski definition) is 18. The third-order valence-corrected chi connectivity index (χ3v) is 24.6. The van der Waals surface area contributed by atoms with E-state index in [2.05, 4.69) is 58.2 Å². The Morgan fingerprint density at radius 1 is 0.548 bits per heavy atom. The van der Waals surface area contributed by atoms with E-state index in [1.165, 1.54) is 75.5 Å². The lowest BCUT2D eigenvalue weighted by Gasteiger charge is -2.36. The largest absolute Gasteiger partial charge is 0.508 e. The fourth-order valence-electron chi connectivity index (χ4n) is 15.3. The number of fused-ring (bicyclic) bond motifs is 4. The number of nitrogens with zero attached hydrogens (tertiary/aromatic N) is 5. The van der Waals surface area contributed by atoms with Crippen molar-refractivity contribution < 1.29 is 96.8 Å². The highest BCUT2D eigenvalue weighted by Crippen LogP contribution is 2.30. The van der Waals surface area contributed by atoms with Crippen LogP contribution in [0.1, 0.15) is 121 Å². The van der Waals surface area contributed by atoms with E-state index in [-0.39, 0.29) is 83.0 Å². The van der Waals surface area contributed by atoms with E-state index in [0.29, 0.717) is 53.3 Å². The van der Waals surface area contributed by atoms with Crippen LogP contribution in [0.15, 0.2) is 84.4 Å². The molecule has 2 aromatic heterocycles. The number of nitrogens with one attached hydrogen (secondary N) is 11. The number of likely N-dealkylation sites (N-methyl/N-ethyl adjacent to an activating group) is 3. The molecule has 3 aliphatic heterocycles. The number of primary amides is 2. The van der Waals surface area contributed by atoms with Crippen molar-refractivity contribution >= 4 is 145 Å². The van der Waals surface area contributed by atoms with Gasteiger partial charge in [0.2, 0.25) is 100 Å². The molecule has 40 nitrogen and oxygen atoms in total. The number of aliphatic hydroxyl groups is 2. The average molecular weight is 1790 g/mol. The van der Waals surface area contributed by atoms with Crippen molar-refractivity contribution in [3.8, 4) is 5.75 Å². The molecule has 5 aromatic rings. The van der Waals surface area contributed by atoms with Gasteiger partial charge >= 0.3 is 0 Å². The number of hydrogen-bond acceptors (Lipinski definition) is 24. The van der Waals surface area contributed by atoms with E-state index in [4.69, 9.17) is 22.9 Å². The Balaban J connectivity index is 1.16. The van der Waals surface area contributed by atoms with Crippen molar-refractivity contribution in [2.24, 2.45) is 22.9 Å². The van der Waals surface area contributed by atoms with Gasteiger partial charge in [-0.05, 0) is 111 Å². The molecular weight excluding hydrogens is 1670 g/mol. The number of aromatic nitrogens is 1. The van der Waals surface area contributed by atoms with Gasteiger partial charge in [0.15, 0.2) is 0 Å². The molecule has 0 bridgehead atoms. The van der Waals surface area contributed by atoms with Gasteiger partial charge in [-0.25, -0.2) is 0 Å². The van der Waals surface area contributed by atoms with Crippen LogP contribution < -0.4 is 76.1 Å². The second-order valence-corrected chi connectivity index (χ2v) is 33.8. The average Bonchev–Trinajstić information content (AvgIpc) is 1.55. The molecule has 0 radical (unpaired) electrons. The zero-order valence-electron chi connectivity index (χ0n) is 71.7. The van der Waals surface area contributed by atoms with Gasteiger partial charge in [-0.15, -0.1) is 23.1 Å². The summed E-state index contributed by atoms with van der Waals surface area (Å²) in [6.07, 6.45) is 0.223. The van der Waals surface area contributed by atoms with Crippen LogP contribution in [0.5, 0.6) is 5.75 Å². The number of aromatic amines is 1. The van der Waals surface area contributed by atoms with Gasteiger partial charge < -0.3 is 121 Å². The van der Waals surface area contributed by atoms with E-state index in [9.17, 15) is 72.9 Å². The summed E-state index contributed by atoms with van der Waals surface area (Å²) in [5.74, 6) is -17.1. The van der Waals surface area contributed by atoms with Crippen LogP contribution in [0, 0.1) is 0 Å². The number of phenolic OH excluding ortho intramolecular Hbond substituents is 1. The molecule has 8 rings (SSSR count). The first-order valence-corrected chi connectivity index (χ1v) is 44.1. The molecule has 42 heteroatoms. The minimum Gasteiger partial charge on any atom is -0.508 e. The normalized spacial score (nSPS) is 25.7. The molecule has 3 aliphatic rings. The summed E-state index contributed by atoms with van der Waals surface area (Å²) in [4.78, 5) is 254. The molecule has 0 saturated carbocycles. The molecule has 5 heterocycles. The first kappa shape index (κ1) is 99.6. The summed E-state index contributed by atoms with van der Waals surface area (Å²) in [6, 6.07) is -1.69. The van der Waals surface area contributed by atoms with Crippen molar-refractivity contribution in [2.45, 2.75) is 215 Å². The van der Waals surface area contributed by atoms with Crippen LogP contribution in [0.2, 0.25) is 0 Å². The van der Waals surface area contributed by atoms with Crippen LogP contribution in [0.25, 0.3) is 21.0 Å². The molecule has 686 valence electrons. The first-order chi connectivity index (χ1) is 60.0. The topological polar surface area (TPSA) is 607 Å². The number of nitrogens with two attached hydrogens (primary N) is 4. The van der Waals surface area contributed by atoms with E-state index in [0.717, 1.165) is 41.4 Å². The fraction of sp³-hybridized carbons (Fsp3) is 0.536. The molecule has 126 heavy (non-hydrogen) atoms. The number of aliphatic hydroxyl groups excluding tert-OH is 2. The monoisotopic (exact) mass is 1790 g/mol. The van der Waals surface area contributed by atoms with Crippen LogP contribution in [-0.4, -0.2) is 308 Å². The number of thioether (sulfide) groups is 1. The number of amides is 17. The van der Waals surface area contributed by atoms with Crippen LogP contribution >= 0.6 is 23.1 Å². The minimum absolute atomic E-state index is 0.00654. The highest BCUT2D eigenvalue weighted by molar-refractivity contribution is 8.00. The number of carbonyl (C=O) groups is 17. The Morgan fingerprint density at radius 3 is 1.79 bits per heavy atom. The summed E-state index contributed by atoms with van der Waals surface area (Å²) < 4.78 is 0.820. The maximum atomic E-state index is 15.6. The van der Waals surface area contributed by atoms with Gasteiger partial charge in [-0.1, -0.05) is 88.1 Å². The van der Waals surface area contributed by atoms with E-state index in [1.54, 1.807) is 41.9 Å². The quantitative estimate of drug-likeness (QED) is 0.0316. The number of phenols is 1. The van der Waals surface area contributed by atoms with E-state index in [1.807, 2.05) is 32.0 Å². The van der Waals surface area contributed by atoms with Gasteiger partial charge in [-0.3, -0.25) is 81.5 Å². The smallest absolute Gasteiger partial charge is 0.246 e. The van der Waals surface area contributed by atoms with Crippen molar-refractivity contribution in [3.05, 3.63) is 101 Å². The highest BCUT2D eigenvalue weighted by Gasteiger charge is 2.46. The van der Waals surface area contributed by atoms with Gasteiger partial charge in [0, 0.05) is 94.0 Å². The Labute approximate surface area is 736 Å². The molecule has 3 fully saturated rings. The summed E-state index contributed by atoms with van der Waals surface area (Å²) in [6.45, 7) is 3.29. The molecule has 22 N–H and O–H groups in total. The molecule has 3 aromatic carbocycles. The van der Waals surface area contributed by atoms with Gasteiger partial charge in [0.25, 0.3) is 0 Å². The van der Waals surface area contributed by atoms with E-state index < -0.39 is 235 Å². The molecule has 3 saturated heterocycles. The maximum Gasteiger partial charge on any atom is 0.246 e. The van der Waals surface area contributed by atoms with Crippen LogP contribution in [-0.2, 0) is 101 Å². The van der Waals surface area contributed by atoms with Crippen molar-refractivity contribution in [3.63, 3.8) is 0 Å². The molecule has 0 aliphatic carbocycles. The maximum absolute atomic E-state index is 15.6. The summed E-state index contributed by atoms with van der Waals surface area (Å²) in [5.41, 5.74) is 25.2. The number of para-hydroxylation sites is 1. The number of benzene rings is 3. The zero-order chi connectivity index (χ0) is 92.3. The predicted molar refractivity (Wildman–Crippen MR) is 465 cm³/mol. The number of aromatic hydroxyl groups is 1. The third kappa shape index (κ3) is 26.8. The third-order valence-electron chi connectivity index (χ3n) is 22.6. The predicted octanol–water partition coefficient (Wildman–Crippen LogP) is -3.75. The summed E-state index contributed by atoms with van der Waals surface area (Å²) in [7, 11) is 3.93. The van der Waals surface area contributed by atoms with E-state index >= 15 is 24.0 Å². The molecule has 0 spiro atoms. The van der Waals surface area contributed by atoms with Crippen LogP contribution in [0.3, 0.4) is 0 Å². The first-order valence-electron chi connectivity index (χ1n) is 42.1. The second kappa shape index (κ2) is 47.5. The summed E-state index contributed by atoms with van der Waals surface area (Å²) >= 11 is 2.13. The lowest BCUT2D eigenvalue weighted by Crippen LogP contribution is -2.62. The minimum atomic E-state index is -1.86. The van der Waals surface area contributed by atoms with Gasteiger partial charge in [-0.2, -0.15) is 0 Å². The Morgan fingerprint density at radius 2 is 1.13 bits per heavy atom. The fourth-order valence-corrected chi connectivity index (χ4v) is 17.2. The standard InChI is InChI=1S/C84H118N20O20S2/c1-8-10-22-63-77(117)93-55(21-16-30-85)73(113)99-62(72(112)90-39-69(88)109)43-125-44-70(110)92-57(32-47-26-28-50(106)29-27-47)81(121)100(5)46(4)71(111)95-59(36-68(87)108)83(123)103-31-17-24-64(103)78(118)97-60(37-86)75(115)91-45(3)80(120)104-40-51(107)35-66(104)79(119)94-56(33-48-38-89-54-20-14-12-18-52(48)54)74(114)98-61(41-105)76(116)96-58(34-49-42-126-67-25-15-13-19-53(49)67)82(122)102(7)65(23-11-9-2)84(124)101(63)6/h12-15,18-20,25-29,38,42,45-46,51,55-66,89,105-107H,8-11,16-17,21-24,30-37,39-41,43-44,85-86H2,1-7H3,(H2,87,108)(H2,88,109)(H,90,112)(H,91,115)(H,92,110)(H,93,117)(H,94,119)(H,95,111)(H,96,116)(H,97,118)(H,98,114)(H,99,113)/t45-,46-,51+,55-,56-,57?,58-,59-,60-,61-,62-,63-,64-,65-,66-/m0/s1. The number of thiophene rings is 1. The highest BCUT2D eigenvalue weighted by atomic mass is 32.2. The number of rotatable bonds is 22.